The van der Waals surface area contributed by atoms with Crippen LogP contribution >= 0.6 is 0 Å². The summed E-state index contributed by atoms with van der Waals surface area (Å²) >= 11 is 0. The van der Waals surface area contributed by atoms with Crippen LogP contribution in [-0.2, 0) is 4.79 Å². The number of hydrogen-bond acceptors (Lipinski definition) is 7. The molecule has 0 bridgehead atoms. The van der Waals surface area contributed by atoms with Gasteiger partial charge in [-0.1, -0.05) is 0 Å². The van der Waals surface area contributed by atoms with Crippen molar-refractivity contribution in [3.05, 3.63) is 29.8 Å². The normalized spacial score (nSPS) is 18.4. The van der Waals surface area contributed by atoms with Crippen LogP contribution in [0, 0.1) is 0 Å². The Morgan fingerprint density at radius 2 is 1.97 bits per heavy atom. The Balaban J connectivity index is 1.46. The molecule has 2 aliphatic rings. The molecule has 158 valence electrons. The van der Waals surface area contributed by atoms with Gasteiger partial charge in [0, 0.05) is 56.3 Å². The van der Waals surface area contributed by atoms with Crippen LogP contribution in [0.1, 0.15) is 42.5 Å². The largest absolute Gasteiger partial charge is 0.481 e. The Kier molecular flexibility index (Phi) is 7.29. The number of amides is 1. The van der Waals surface area contributed by atoms with Gasteiger partial charge in [0.1, 0.15) is 6.23 Å². The molecule has 1 aromatic carbocycles. The number of aliphatic imine (C=N–C) groups is 1. The van der Waals surface area contributed by atoms with E-state index >= 15 is 0 Å². The monoisotopic (exact) mass is 403 g/mol. The first-order valence-electron chi connectivity index (χ1n) is 10.1. The van der Waals surface area contributed by atoms with Gasteiger partial charge in [-0.05, 0) is 43.5 Å². The van der Waals surface area contributed by atoms with E-state index in [0.29, 0.717) is 11.6 Å². The first-order chi connectivity index (χ1) is 14.0. The van der Waals surface area contributed by atoms with Crippen molar-refractivity contribution < 1.29 is 19.8 Å². The Hall–Kier alpha value is -2.81. The molecule has 0 spiro atoms. The Morgan fingerprint density at radius 1 is 1.24 bits per heavy atom. The van der Waals surface area contributed by atoms with Gasteiger partial charge in [-0.2, -0.15) is 0 Å². The van der Waals surface area contributed by atoms with Crippen LogP contribution in [0.15, 0.2) is 29.3 Å². The molecule has 1 amide bonds. The average molecular weight is 403 g/mol. The molecule has 2 heterocycles. The lowest BCUT2D eigenvalue weighted by molar-refractivity contribution is -0.137. The second-order valence-corrected chi connectivity index (χ2v) is 7.38. The van der Waals surface area contributed by atoms with E-state index in [1.807, 2.05) is 12.1 Å². The van der Waals surface area contributed by atoms with Crippen molar-refractivity contribution in [2.24, 2.45) is 4.99 Å². The molecule has 3 rings (SSSR count). The van der Waals surface area contributed by atoms with Crippen LogP contribution in [0.5, 0.6) is 0 Å². The number of guanidine groups is 1. The van der Waals surface area contributed by atoms with Crippen LogP contribution < -0.4 is 20.9 Å². The van der Waals surface area contributed by atoms with Gasteiger partial charge < -0.3 is 31.1 Å². The molecule has 9 heteroatoms. The number of aliphatic carboxylic acids is 1. The molecule has 1 aromatic rings. The van der Waals surface area contributed by atoms with Crippen LogP contribution in [0.4, 0.5) is 5.69 Å². The maximum atomic E-state index is 12.2. The third-order valence-electron chi connectivity index (χ3n) is 5.16. The van der Waals surface area contributed by atoms with Crippen molar-refractivity contribution in [2.75, 3.05) is 31.1 Å². The number of aliphatic hydroxyl groups excluding tert-OH is 1. The quantitative estimate of drug-likeness (QED) is 0.420. The highest BCUT2D eigenvalue weighted by molar-refractivity contribution is 5.94. The molecule has 5 N–H and O–H groups in total. The summed E-state index contributed by atoms with van der Waals surface area (Å²) in [5.74, 6) is -0.515. The van der Waals surface area contributed by atoms with E-state index in [-0.39, 0.29) is 12.8 Å². The lowest BCUT2D eigenvalue weighted by Crippen LogP contribution is -2.50. The number of benzene rings is 1. The molecular formula is C20H29N5O4. The Morgan fingerprint density at radius 3 is 2.59 bits per heavy atom. The number of carboxylic acid groups (broad SMARTS) is 1. The zero-order chi connectivity index (χ0) is 20.6. The maximum Gasteiger partial charge on any atom is 0.303 e. The fourth-order valence-electron chi connectivity index (χ4n) is 3.50. The molecule has 9 nitrogen and oxygen atoms in total. The number of aliphatic hydroxyl groups is 1. The van der Waals surface area contributed by atoms with E-state index in [4.69, 9.17) is 5.11 Å². The standard InChI is InChI=1S/C20H29N5O4/c26-17(6-7-18(27)28)24-19(29)14-2-4-16(5-3-14)25-12-8-15(9-13-25)23-20-21-10-1-11-22-20/h2-5,15,17,26H,1,6-13H2,(H,24,29)(H,27,28)(H2,21,22,23). The molecule has 1 fully saturated rings. The highest BCUT2D eigenvalue weighted by Crippen LogP contribution is 2.21. The van der Waals surface area contributed by atoms with Crippen molar-refractivity contribution in [1.29, 1.82) is 0 Å². The smallest absolute Gasteiger partial charge is 0.303 e. The predicted octanol–water partition coefficient (Wildman–Crippen LogP) is 0.507. The van der Waals surface area contributed by atoms with Crippen LogP contribution in [0.2, 0.25) is 0 Å². The number of carbonyl (C=O) groups excluding carboxylic acids is 1. The molecular weight excluding hydrogens is 374 g/mol. The minimum Gasteiger partial charge on any atom is -0.481 e. The molecule has 0 aliphatic carbocycles. The molecule has 2 aliphatic heterocycles. The van der Waals surface area contributed by atoms with Crippen molar-refractivity contribution in [3.63, 3.8) is 0 Å². The molecule has 0 radical (unpaired) electrons. The third kappa shape index (κ3) is 6.35. The molecule has 1 unspecified atom stereocenters. The topological polar surface area (TPSA) is 126 Å². The lowest BCUT2D eigenvalue weighted by Gasteiger charge is -2.35. The van der Waals surface area contributed by atoms with Gasteiger partial charge in [0.25, 0.3) is 5.91 Å². The van der Waals surface area contributed by atoms with E-state index in [0.717, 1.165) is 57.1 Å². The number of rotatable bonds is 7. The summed E-state index contributed by atoms with van der Waals surface area (Å²) in [6, 6.07) is 7.66. The summed E-state index contributed by atoms with van der Waals surface area (Å²) in [5.41, 5.74) is 1.49. The van der Waals surface area contributed by atoms with E-state index in [1.165, 1.54) is 0 Å². The fourth-order valence-corrected chi connectivity index (χ4v) is 3.50. The fraction of sp³-hybridized carbons (Fsp3) is 0.550. The number of carboxylic acids is 1. The zero-order valence-corrected chi connectivity index (χ0v) is 16.4. The summed E-state index contributed by atoms with van der Waals surface area (Å²) in [4.78, 5) is 29.4. The molecule has 0 saturated carbocycles. The van der Waals surface area contributed by atoms with E-state index in [1.54, 1.807) is 12.1 Å². The van der Waals surface area contributed by atoms with Gasteiger partial charge in [-0.15, -0.1) is 0 Å². The van der Waals surface area contributed by atoms with Gasteiger partial charge in [-0.25, -0.2) is 0 Å². The summed E-state index contributed by atoms with van der Waals surface area (Å²) < 4.78 is 0. The first-order valence-corrected chi connectivity index (χ1v) is 10.1. The van der Waals surface area contributed by atoms with Crippen LogP contribution in [-0.4, -0.2) is 66.5 Å². The average Bonchev–Trinajstić information content (AvgIpc) is 2.74. The first kappa shape index (κ1) is 20.9. The summed E-state index contributed by atoms with van der Waals surface area (Å²) in [6.45, 7) is 3.70. The number of carbonyl (C=O) groups is 2. The van der Waals surface area contributed by atoms with Gasteiger partial charge in [0.2, 0.25) is 0 Å². The molecule has 1 atom stereocenters. The van der Waals surface area contributed by atoms with Crippen molar-refractivity contribution in [3.8, 4) is 0 Å². The third-order valence-corrected chi connectivity index (χ3v) is 5.16. The molecule has 29 heavy (non-hydrogen) atoms. The van der Waals surface area contributed by atoms with Crippen LogP contribution in [0.25, 0.3) is 0 Å². The Bertz CT molecular complexity index is 729. The Labute approximate surface area is 170 Å². The second kappa shape index (κ2) is 10.1. The number of anilines is 1. The van der Waals surface area contributed by atoms with Gasteiger partial charge in [-0.3, -0.25) is 14.6 Å². The summed E-state index contributed by atoms with van der Waals surface area (Å²) in [5, 5.41) is 27.5. The predicted molar refractivity (Wildman–Crippen MR) is 110 cm³/mol. The summed E-state index contributed by atoms with van der Waals surface area (Å²) in [7, 11) is 0. The van der Waals surface area contributed by atoms with Gasteiger partial charge in [0.05, 0.1) is 0 Å². The summed E-state index contributed by atoms with van der Waals surface area (Å²) in [6.07, 6.45) is 1.71. The highest BCUT2D eigenvalue weighted by atomic mass is 16.4. The van der Waals surface area contributed by atoms with Crippen LogP contribution in [0.3, 0.4) is 0 Å². The number of piperidine rings is 1. The molecule has 1 saturated heterocycles. The van der Waals surface area contributed by atoms with E-state index < -0.39 is 18.1 Å². The number of hydrogen-bond donors (Lipinski definition) is 5. The number of nitrogens with zero attached hydrogens (tertiary/aromatic N) is 2. The number of nitrogens with one attached hydrogen (secondary N) is 3. The van der Waals surface area contributed by atoms with Gasteiger partial charge >= 0.3 is 5.97 Å². The van der Waals surface area contributed by atoms with Crippen molar-refractivity contribution >= 4 is 23.5 Å². The zero-order valence-electron chi connectivity index (χ0n) is 16.4. The van der Waals surface area contributed by atoms with E-state index in [9.17, 15) is 14.7 Å². The molecule has 0 aromatic heterocycles. The maximum absolute atomic E-state index is 12.2. The van der Waals surface area contributed by atoms with Crippen molar-refractivity contribution in [1.82, 2.24) is 16.0 Å². The lowest BCUT2D eigenvalue weighted by atomic mass is 10.0. The van der Waals surface area contributed by atoms with Gasteiger partial charge in [0.15, 0.2) is 5.96 Å². The van der Waals surface area contributed by atoms with Crippen molar-refractivity contribution in [2.45, 2.75) is 44.4 Å². The highest BCUT2D eigenvalue weighted by Gasteiger charge is 2.21. The minimum absolute atomic E-state index is 0.0237. The second-order valence-electron chi connectivity index (χ2n) is 7.38. The minimum atomic E-state index is -1.17. The SMILES string of the molecule is O=C(O)CCC(O)NC(=O)c1ccc(N2CCC(NC3=NCCCN3)CC2)cc1. The van der Waals surface area contributed by atoms with E-state index in [2.05, 4.69) is 25.8 Å².